The summed E-state index contributed by atoms with van der Waals surface area (Å²) < 4.78 is 40.7. The minimum atomic E-state index is -4.70. The van der Waals surface area contributed by atoms with E-state index in [1.54, 1.807) is 36.4 Å². The Bertz CT molecular complexity index is 933. The van der Waals surface area contributed by atoms with E-state index in [1.807, 2.05) is 6.92 Å². The van der Waals surface area contributed by atoms with Crippen molar-refractivity contribution in [1.29, 1.82) is 5.26 Å². The number of nitrogens with zero attached hydrogens (tertiary/aromatic N) is 3. The summed E-state index contributed by atoms with van der Waals surface area (Å²) in [6.07, 6.45) is -4.70. The number of para-hydroxylation sites is 1. The average Bonchev–Trinajstić information content (AvgIpc) is 2.74. The van der Waals surface area contributed by atoms with Crippen molar-refractivity contribution in [3.05, 3.63) is 59.7 Å². The van der Waals surface area contributed by atoms with Crippen LogP contribution < -0.4 is 10.1 Å². The number of alkyl halides is 3. The zero-order chi connectivity index (χ0) is 22.4. The summed E-state index contributed by atoms with van der Waals surface area (Å²) in [4.78, 5) is 16.9. The van der Waals surface area contributed by atoms with Gasteiger partial charge in [0.05, 0.1) is 17.3 Å². The Hall–Kier alpha value is -3.09. The van der Waals surface area contributed by atoms with Crippen LogP contribution >= 0.6 is 0 Å². The van der Waals surface area contributed by atoms with Gasteiger partial charge in [-0.2, -0.15) is 5.26 Å². The fourth-order valence-electron chi connectivity index (χ4n) is 3.46. The highest BCUT2D eigenvalue weighted by Crippen LogP contribution is 2.23. The van der Waals surface area contributed by atoms with E-state index in [0.29, 0.717) is 30.9 Å². The molecule has 3 rings (SSSR count). The number of carbonyl (C=O) groups excluding carboxylic acids is 1. The summed E-state index contributed by atoms with van der Waals surface area (Å²) in [6, 6.07) is 14.4. The molecule has 164 valence electrons. The lowest BCUT2D eigenvalue weighted by atomic mass is 10.1. The van der Waals surface area contributed by atoms with Crippen molar-refractivity contribution in [2.45, 2.75) is 25.9 Å². The fourth-order valence-corrected chi connectivity index (χ4v) is 3.46. The van der Waals surface area contributed by atoms with Gasteiger partial charge in [-0.05, 0) is 36.8 Å². The van der Waals surface area contributed by atoms with Gasteiger partial charge in [-0.25, -0.2) is 0 Å². The second-order valence-corrected chi connectivity index (χ2v) is 7.33. The van der Waals surface area contributed by atoms with Gasteiger partial charge < -0.3 is 10.1 Å². The van der Waals surface area contributed by atoms with Crippen molar-refractivity contribution in [3.8, 4) is 11.8 Å². The molecule has 0 radical (unpaired) electrons. The molecule has 2 aromatic rings. The molecular formula is C22H23F3N4O2. The summed E-state index contributed by atoms with van der Waals surface area (Å²) in [6.45, 7) is 5.27. The van der Waals surface area contributed by atoms with Crippen molar-refractivity contribution in [3.63, 3.8) is 0 Å². The lowest BCUT2D eigenvalue weighted by molar-refractivity contribution is -0.274. The van der Waals surface area contributed by atoms with Crippen LogP contribution in [0.1, 0.15) is 18.1 Å². The summed E-state index contributed by atoms with van der Waals surface area (Å²) >= 11 is 0. The van der Waals surface area contributed by atoms with Crippen LogP contribution in [-0.2, 0) is 11.3 Å². The molecule has 1 saturated heterocycles. The number of nitrogens with one attached hydrogen (secondary N) is 1. The summed E-state index contributed by atoms with van der Waals surface area (Å²) in [7, 11) is 0. The largest absolute Gasteiger partial charge is 0.573 e. The molecule has 1 amide bonds. The third-order valence-corrected chi connectivity index (χ3v) is 5.20. The van der Waals surface area contributed by atoms with Crippen LogP contribution in [0.5, 0.6) is 5.75 Å². The molecule has 1 heterocycles. The molecule has 0 saturated carbocycles. The van der Waals surface area contributed by atoms with Crippen molar-refractivity contribution in [2.75, 3.05) is 31.5 Å². The van der Waals surface area contributed by atoms with Crippen LogP contribution in [-0.4, -0.2) is 54.3 Å². The Labute approximate surface area is 178 Å². The molecule has 1 atom stereocenters. The highest BCUT2D eigenvalue weighted by Gasteiger charge is 2.31. The third-order valence-electron chi connectivity index (χ3n) is 5.20. The van der Waals surface area contributed by atoms with Gasteiger partial charge in [0.2, 0.25) is 5.91 Å². The first-order valence-electron chi connectivity index (χ1n) is 9.86. The van der Waals surface area contributed by atoms with Crippen LogP contribution in [0.3, 0.4) is 0 Å². The minimum absolute atomic E-state index is 0.170. The number of nitriles is 1. The van der Waals surface area contributed by atoms with E-state index in [2.05, 4.69) is 25.9 Å². The monoisotopic (exact) mass is 432 g/mol. The van der Waals surface area contributed by atoms with E-state index < -0.39 is 6.36 Å². The van der Waals surface area contributed by atoms with Crippen molar-refractivity contribution >= 4 is 11.6 Å². The molecule has 6 nitrogen and oxygen atoms in total. The van der Waals surface area contributed by atoms with Gasteiger partial charge in [0.1, 0.15) is 11.8 Å². The smallest absolute Gasteiger partial charge is 0.406 e. The normalized spacial score (nSPS) is 16.4. The fraction of sp³-hybridized carbons (Fsp3) is 0.364. The molecule has 9 heteroatoms. The third kappa shape index (κ3) is 6.44. The zero-order valence-electron chi connectivity index (χ0n) is 17.0. The maximum Gasteiger partial charge on any atom is 0.573 e. The topological polar surface area (TPSA) is 68.6 Å². The zero-order valence-corrected chi connectivity index (χ0v) is 17.0. The van der Waals surface area contributed by atoms with Crippen LogP contribution in [0.25, 0.3) is 0 Å². The lowest BCUT2D eigenvalue weighted by Gasteiger charge is -2.37. The maximum absolute atomic E-state index is 12.6. The quantitative estimate of drug-likeness (QED) is 0.756. The van der Waals surface area contributed by atoms with E-state index in [1.165, 1.54) is 12.1 Å². The number of piperazine rings is 1. The number of halogens is 3. The molecule has 1 aliphatic rings. The van der Waals surface area contributed by atoms with Crippen LogP contribution in [0.15, 0.2) is 48.5 Å². The molecule has 1 fully saturated rings. The van der Waals surface area contributed by atoms with E-state index in [0.717, 1.165) is 18.7 Å². The van der Waals surface area contributed by atoms with E-state index in [4.69, 9.17) is 5.26 Å². The number of hydrogen-bond donors (Lipinski definition) is 1. The molecule has 0 aromatic heterocycles. The van der Waals surface area contributed by atoms with Gasteiger partial charge in [0, 0.05) is 32.7 Å². The van der Waals surface area contributed by atoms with Gasteiger partial charge in [-0.15, -0.1) is 13.2 Å². The molecule has 1 N–H and O–H groups in total. The molecular weight excluding hydrogens is 409 g/mol. The van der Waals surface area contributed by atoms with Crippen molar-refractivity contribution in [1.82, 2.24) is 9.80 Å². The van der Waals surface area contributed by atoms with Crippen molar-refractivity contribution < 1.29 is 22.7 Å². The molecule has 31 heavy (non-hydrogen) atoms. The first-order valence-corrected chi connectivity index (χ1v) is 9.86. The molecule has 1 unspecified atom stereocenters. The highest BCUT2D eigenvalue weighted by molar-refractivity contribution is 5.95. The van der Waals surface area contributed by atoms with Gasteiger partial charge in [0.25, 0.3) is 0 Å². The van der Waals surface area contributed by atoms with Gasteiger partial charge >= 0.3 is 6.36 Å². The van der Waals surface area contributed by atoms with Crippen LogP contribution in [0, 0.1) is 11.3 Å². The lowest BCUT2D eigenvalue weighted by Crippen LogP contribution is -2.52. The van der Waals surface area contributed by atoms with E-state index >= 15 is 0 Å². The number of amides is 1. The second-order valence-electron chi connectivity index (χ2n) is 7.33. The number of anilines is 1. The Kier molecular flexibility index (Phi) is 7.15. The van der Waals surface area contributed by atoms with Crippen LogP contribution in [0.2, 0.25) is 0 Å². The summed E-state index contributed by atoms with van der Waals surface area (Å²) in [5.74, 6) is -0.407. The molecule has 0 bridgehead atoms. The Morgan fingerprint density at radius 2 is 1.77 bits per heavy atom. The van der Waals surface area contributed by atoms with Crippen molar-refractivity contribution in [2.24, 2.45) is 0 Å². The number of benzene rings is 2. The van der Waals surface area contributed by atoms with E-state index in [9.17, 15) is 18.0 Å². The Morgan fingerprint density at radius 1 is 1.13 bits per heavy atom. The van der Waals surface area contributed by atoms with E-state index in [-0.39, 0.29) is 17.7 Å². The molecule has 2 aromatic carbocycles. The Morgan fingerprint density at radius 3 is 2.39 bits per heavy atom. The predicted octanol–water partition coefficient (Wildman–Crippen LogP) is 3.60. The van der Waals surface area contributed by atoms with Crippen LogP contribution in [0.4, 0.5) is 18.9 Å². The van der Waals surface area contributed by atoms with Gasteiger partial charge in [0.15, 0.2) is 0 Å². The first kappa shape index (κ1) is 22.6. The number of rotatable bonds is 6. The number of ether oxygens (including phenoxy) is 1. The predicted molar refractivity (Wildman–Crippen MR) is 109 cm³/mol. The van der Waals surface area contributed by atoms with Gasteiger partial charge in [-0.3, -0.25) is 14.6 Å². The SMILES string of the molecule is CC(C(=O)Nc1ccccc1C#N)N1CCN(Cc2ccc(OC(F)(F)F)cc2)CC1. The highest BCUT2D eigenvalue weighted by atomic mass is 19.4. The molecule has 1 aliphatic heterocycles. The van der Waals surface area contributed by atoms with Gasteiger partial charge in [-0.1, -0.05) is 24.3 Å². The molecule has 0 aliphatic carbocycles. The summed E-state index contributed by atoms with van der Waals surface area (Å²) in [5, 5.41) is 12.0. The number of hydrogen-bond acceptors (Lipinski definition) is 5. The maximum atomic E-state index is 12.6. The number of carbonyl (C=O) groups is 1. The second kappa shape index (κ2) is 9.81. The Balaban J connectivity index is 1.48. The first-order chi connectivity index (χ1) is 14.7. The summed E-state index contributed by atoms with van der Waals surface area (Å²) in [5.41, 5.74) is 1.81. The molecule has 0 spiro atoms. The average molecular weight is 432 g/mol. The standard InChI is InChI=1S/C22H23F3N4O2/c1-16(21(30)27-20-5-3-2-4-18(20)14-26)29-12-10-28(11-13-29)15-17-6-8-19(9-7-17)31-22(23,24)25/h2-9,16H,10-13,15H2,1H3,(H,27,30). The minimum Gasteiger partial charge on any atom is -0.406 e.